The van der Waals surface area contributed by atoms with Gasteiger partial charge >= 0.3 is 29.6 Å². The molecule has 0 atom stereocenters. The maximum atomic E-state index is 3.63. The van der Waals surface area contributed by atoms with E-state index in [0.717, 1.165) is 0 Å². The third kappa shape index (κ3) is 3.89. The standard InChI is InChI=1S/C8H8.CH3.Na/c1-2-8-6-4-3-5-7-8;;/h2-7H,1H2;1H3;/q;-1;+1. The molecule has 0 aliphatic heterocycles. The predicted octanol–water partition coefficient (Wildman–Crippen LogP) is -0.216. The van der Waals surface area contributed by atoms with Crippen molar-refractivity contribution in [3.8, 4) is 0 Å². The molecule has 10 heavy (non-hydrogen) atoms. The predicted molar refractivity (Wildman–Crippen MR) is 42.9 cm³/mol. The molecule has 0 saturated heterocycles. The molecule has 0 unspecified atom stereocenters. The van der Waals surface area contributed by atoms with Crippen molar-refractivity contribution in [2.45, 2.75) is 0 Å². The molecule has 0 aromatic heterocycles. The van der Waals surface area contributed by atoms with E-state index in [1.165, 1.54) is 5.56 Å². The van der Waals surface area contributed by atoms with E-state index < -0.39 is 0 Å². The number of hydrogen-bond donors (Lipinski definition) is 0. The molecule has 1 aromatic rings. The van der Waals surface area contributed by atoms with Crippen LogP contribution in [0, 0.1) is 7.43 Å². The monoisotopic (exact) mass is 142 g/mol. The molecule has 0 heterocycles. The van der Waals surface area contributed by atoms with Gasteiger partial charge in [-0.25, -0.2) is 0 Å². The first-order valence-corrected chi connectivity index (χ1v) is 2.61. The van der Waals surface area contributed by atoms with Crippen LogP contribution in [0.25, 0.3) is 6.08 Å². The maximum absolute atomic E-state index is 3.63. The molecular formula is C9H11Na. The SMILES string of the molecule is C=Cc1ccccc1.[CH3-].[Na+]. The molecule has 0 radical (unpaired) electrons. The second-order valence-electron chi connectivity index (χ2n) is 1.61. The minimum Gasteiger partial charge on any atom is -0.358 e. The molecule has 0 N–H and O–H groups in total. The van der Waals surface area contributed by atoms with Gasteiger partial charge in [-0.05, 0) is 5.56 Å². The van der Waals surface area contributed by atoms with E-state index in [4.69, 9.17) is 0 Å². The summed E-state index contributed by atoms with van der Waals surface area (Å²) in [6.45, 7) is 3.63. The van der Waals surface area contributed by atoms with Crippen molar-refractivity contribution in [3.05, 3.63) is 49.9 Å². The Balaban J connectivity index is 0. The minimum atomic E-state index is 0. The van der Waals surface area contributed by atoms with E-state index in [1.54, 1.807) is 0 Å². The van der Waals surface area contributed by atoms with Crippen molar-refractivity contribution in [3.63, 3.8) is 0 Å². The van der Waals surface area contributed by atoms with E-state index in [9.17, 15) is 0 Å². The molecule has 0 fully saturated rings. The molecule has 0 aliphatic carbocycles. The molecule has 1 aromatic carbocycles. The summed E-state index contributed by atoms with van der Waals surface area (Å²) < 4.78 is 0. The number of rotatable bonds is 1. The average Bonchev–Trinajstić information content (AvgIpc) is 1.90. The molecule has 48 valence electrons. The Bertz CT molecular complexity index is 167. The van der Waals surface area contributed by atoms with Gasteiger partial charge in [0.05, 0.1) is 0 Å². The van der Waals surface area contributed by atoms with Crippen LogP contribution in [0.4, 0.5) is 0 Å². The van der Waals surface area contributed by atoms with Gasteiger partial charge in [-0.3, -0.25) is 0 Å². The Labute approximate surface area is 85.3 Å². The Morgan fingerprint density at radius 3 is 1.90 bits per heavy atom. The Hall–Kier alpha value is -0.0400. The third-order valence-electron chi connectivity index (χ3n) is 1.04. The Kier molecular flexibility index (Phi) is 8.92. The van der Waals surface area contributed by atoms with Gasteiger partial charge in [0.25, 0.3) is 0 Å². The summed E-state index contributed by atoms with van der Waals surface area (Å²) in [6.07, 6.45) is 1.83. The summed E-state index contributed by atoms with van der Waals surface area (Å²) in [5.41, 5.74) is 1.17. The average molecular weight is 142 g/mol. The molecule has 1 rings (SSSR count). The van der Waals surface area contributed by atoms with Crippen molar-refractivity contribution in [2.75, 3.05) is 0 Å². The van der Waals surface area contributed by atoms with Crippen LogP contribution in [0.3, 0.4) is 0 Å². The first-order chi connectivity index (χ1) is 3.93. The molecule has 0 saturated carbocycles. The first kappa shape index (κ1) is 12.6. The van der Waals surface area contributed by atoms with E-state index in [0.29, 0.717) is 0 Å². The smallest absolute Gasteiger partial charge is 0.358 e. The van der Waals surface area contributed by atoms with Gasteiger partial charge in [-0.15, -0.1) is 0 Å². The van der Waals surface area contributed by atoms with Crippen molar-refractivity contribution >= 4 is 6.08 Å². The summed E-state index contributed by atoms with van der Waals surface area (Å²) >= 11 is 0. The zero-order valence-corrected chi connectivity index (χ0v) is 8.67. The van der Waals surface area contributed by atoms with Crippen LogP contribution >= 0.6 is 0 Å². The zero-order chi connectivity index (χ0) is 5.82. The molecule has 0 amide bonds. The molecule has 0 nitrogen and oxygen atoms in total. The second-order valence-corrected chi connectivity index (χ2v) is 1.61. The van der Waals surface area contributed by atoms with Crippen molar-refractivity contribution < 1.29 is 29.6 Å². The minimum absolute atomic E-state index is 0. The fourth-order valence-electron chi connectivity index (χ4n) is 0.589. The largest absolute Gasteiger partial charge is 1.00 e. The fourth-order valence-corrected chi connectivity index (χ4v) is 0.589. The van der Waals surface area contributed by atoms with Gasteiger partial charge in [-0.1, -0.05) is 43.0 Å². The van der Waals surface area contributed by atoms with E-state index in [1.807, 2.05) is 36.4 Å². The van der Waals surface area contributed by atoms with Crippen LogP contribution in [0.2, 0.25) is 0 Å². The Morgan fingerprint density at radius 2 is 1.60 bits per heavy atom. The first-order valence-electron chi connectivity index (χ1n) is 2.61. The van der Waals surface area contributed by atoms with E-state index in [2.05, 4.69) is 6.58 Å². The van der Waals surface area contributed by atoms with Crippen molar-refractivity contribution in [1.29, 1.82) is 0 Å². The van der Waals surface area contributed by atoms with E-state index in [-0.39, 0.29) is 37.0 Å². The van der Waals surface area contributed by atoms with Crippen molar-refractivity contribution in [2.24, 2.45) is 0 Å². The van der Waals surface area contributed by atoms with E-state index >= 15 is 0 Å². The zero-order valence-electron chi connectivity index (χ0n) is 6.67. The van der Waals surface area contributed by atoms with Gasteiger partial charge in [0.2, 0.25) is 0 Å². The topological polar surface area (TPSA) is 0 Å². The summed E-state index contributed by atoms with van der Waals surface area (Å²) in [7, 11) is 0. The maximum Gasteiger partial charge on any atom is 1.00 e. The summed E-state index contributed by atoms with van der Waals surface area (Å²) in [4.78, 5) is 0. The quantitative estimate of drug-likeness (QED) is 0.376. The van der Waals surface area contributed by atoms with Crippen LogP contribution in [0.1, 0.15) is 5.56 Å². The fraction of sp³-hybridized carbons (Fsp3) is 0. The summed E-state index contributed by atoms with van der Waals surface area (Å²) in [6, 6.07) is 10.0. The van der Waals surface area contributed by atoms with Crippen molar-refractivity contribution in [1.82, 2.24) is 0 Å². The van der Waals surface area contributed by atoms with Crippen LogP contribution in [-0.2, 0) is 0 Å². The normalized spacial score (nSPS) is 6.80. The van der Waals surface area contributed by atoms with Gasteiger partial charge in [0, 0.05) is 0 Å². The van der Waals surface area contributed by atoms with Gasteiger partial charge in [0.15, 0.2) is 0 Å². The van der Waals surface area contributed by atoms with Crippen LogP contribution in [0.15, 0.2) is 36.9 Å². The van der Waals surface area contributed by atoms with Gasteiger partial charge < -0.3 is 7.43 Å². The summed E-state index contributed by atoms with van der Waals surface area (Å²) in [5, 5.41) is 0. The second kappa shape index (κ2) is 7.07. The third-order valence-corrected chi connectivity index (χ3v) is 1.04. The number of benzene rings is 1. The van der Waals surface area contributed by atoms with Gasteiger partial charge in [-0.2, -0.15) is 0 Å². The molecule has 0 spiro atoms. The number of hydrogen-bond acceptors (Lipinski definition) is 0. The van der Waals surface area contributed by atoms with Gasteiger partial charge in [0.1, 0.15) is 0 Å². The van der Waals surface area contributed by atoms with Crippen LogP contribution in [0.5, 0.6) is 0 Å². The molecular weight excluding hydrogens is 131 g/mol. The molecule has 0 aliphatic rings. The Morgan fingerprint density at radius 1 is 1.10 bits per heavy atom. The summed E-state index contributed by atoms with van der Waals surface area (Å²) in [5.74, 6) is 0. The molecule has 1 heteroatoms. The molecule has 0 bridgehead atoms. The van der Waals surface area contributed by atoms with Crippen LogP contribution in [-0.4, -0.2) is 0 Å². The van der Waals surface area contributed by atoms with Crippen LogP contribution < -0.4 is 29.6 Å².